The molecule has 144 valence electrons. The van der Waals surface area contributed by atoms with Crippen molar-refractivity contribution in [3.05, 3.63) is 58.4 Å². The molecule has 0 amide bonds. The van der Waals surface area contributed by atoms with Crippen LogP contribution in [-0.4, -0.2) is 17.6 Å². The van der Waals surface area contributed by atoms with Crippen molar-refractivity contribution < 1.29 is 5.11 Å². The van der Waals surface area contributed by atoms with E-state index in [0.717, 1.165) is 11.1 Å². The Morgan fingerprint density at radius 2 is 1.31 bits per heavy atom. The molecule has 3 heteroatoms. The van der Waals surface area contributed by atoms with Crippen LogP contribution in [0.4, 0.5) is 0 Å². The van der Waals surface area contributed by atoms with E-state index in [1.165, 1.54) is 16.7 Å². The fourth-order valence-electron chi connectivity index (χ4n) is 5.50. The lowest BCUT2D eigenvalue weighted by molar-refractivity contribution is 0.219. The maximum Gasteiger partial charge on any atom is 0.168 e. The maximum atomic E-state index is 11.1. The number of aromatic nitrogens is 1. The predicted octanol–water partition coefficient (Wildman–Crippen LogP) is 6.52. The van der Waals surface area contributed by atoms with Gasteiger partial charge >= 0.3 is 0 Å². The molecule has 0 saturated heterocycles. The molecule has 0 bridgehead atoms. The molecule has 0 spiro atoms. The number of nitrogens with zero attached hydrogens (tertiary/aromatic N) is 1. The molecular formula is C23H37NOSi. The summed E-state index contributed by atoms with van der Waals surface area (Å²) in [5.74, 6) is 0. The molecule has 0 saturated carbocycles. The van der Waals surface area contributed by atoms with Crippen LogP contribution >= 0.6 is 0 Å². The molecule has 1 aromatic carbocycles. The topological polar surface area (TPSA) is 25.2 Å². The van der Waals surface area contributed by atoms with Crippen LogP contribution in [0.5, 0.6) is 0 Å². The minimum Gasteiger partial charge on any atom is -0.384 e. The summed E-state index contributed by atoms with van der Waals surface area (Å²) >= 11 is 0. The van der Waals surface area contributed by atoms with Gasteiger partial charge in [-0.25, -0.2) is 0 Å². The van der Waals surface area contributed by atoms with Gasteiger partial charge in [0.1, 0.15) is 6.10 Å². The second-order valence-corrected chi connectivity index (χ2v) is 14.7. The van der Waals surface area contributed by atoms with Crippen LogP contribution in [0.2, 0.25) is 16.6 Å². The highest BCUT2D eigenvalue weighted by Crippen LogP contribution is 2.43. The maximum absolute atomic E-state index is 11.1. The lowest BCUT2D eigenvalue weighted by Gasteiger charge is -2.44. The molecule has 0 radical (unpaired) electrons. The average Bonchev–Trinajstić information content (AvgIpc) is 2.95. The number of aliphatic hydroxyl groups excluding tert-OH is 1. The van der Waals surface area contributed by atoms with E-state index in [9.17, 15) is 5.11 Å². The van der Waals surface area contributed by atoms with E-state index in [2.05, 4.69) is 97.1 Å². The van der Waals surface area contributed by atoms with Crippen LogP contribution in [0.15, 0.2) is 30.6 Å². The van der Waals surface area contributed by atoms with Crippen LogP contribution in [0, 0.1) is 20.8 Å². The van der Waals surface area contributed by atoms with E-state index in [1.807, 2.05) is 0 Å². The van der Waals surface area contributed by atoms with Gasteiger partial charge in [0.25, 0.3) is 0 Å². The van der Waals surface area contributed by atoms with E-state index in [0.29, 0.717) is 16.6 Å². The standard InChI is InChI=1S/C23H37NOSi/c1-15(2)26(16(3)4,17(5)6)24-11-10-21(14-24)23(25)22-19(8)12-18(7)13-20(22)9/h10-17,23,25H,1-9H3. The van der Waals surface area contributed by atoms with Gasteiger partial charge in [0, 0.05) is 11.8 Å². The average molecular weight is 372 g/mol. The summed E-state index contributed by atoms with van der Waals surface area (Å²) in [4.78, 5) is 0. The molecule has 0 aliphatic rings. The van der Waals surface area contributed by atoms with Crippen molar-refractivity contribution in [2.24, 2.45) is 0 Å². The number of aryl methyl sites for hydroxylation is 3. The summed E-state index contributed by atoms with van der Waals surface area (Å²) in [5.41, 5.74) is 7.58. The monoisotopic (exact) mass is 371 g/mol. The summed E-state index contributed by atoms with van der Waals surface area (Å²) in [6.07, 6.45) is 3.90. The largest absolute Gasteiger partial charge is 0.384 e. The number of benzene rings is 1. The Labute approximate surface area is 161 Å². The van der Waals surface area contributed by atoms with Crippen molar-refractivity contribution in [3.63, 3.8) is 0 Å². The van der Waals surface area contributed by atoms with Gasteiger partial charge in [-0.2, -0.15) is 0 Å². The smallest absolute Gasteiger partial charge is 0.168 e. The molecule has 1 atom stereocenters. The Morgan fingerprint density at radius 1 is 0.846 bits per heavy atom. The van der Waals surface area contributed by atoms with E-state index in [4.69, 9.17) is 0 Å². The Kier molecular flexibility index (Phi) is 6.24. The van der Waals surface area contributed by atoms with Crippen molar-refractivity contribution in [2.45, 2.75) is 85.0 Å². The lowest BCUT2D eigenvalue weighted by Crippen LogP contribution is -2.51. The second kappa shape index (κ2) is 7.73. The summed E-state index contributed by atoms with van der Waals surface area (Å²) in [6, 6.07) is 6.45. The zero-order chi connectivity index (χ0) is 19.8. The predicted molar refractivity (Wildman–Crippen MR) is 116 cm³/mol. The van der Waals surface area contributed by atoms with Crippen molar-refractivity contribution in [1.29, 1.82) is 0 Å². The molecule has 26 heavy (non-hydrogen) atoms. The first-order valence-electron chi connectivity index (χ1n) is 9.97. The summed E-state index contributed by atoms with van der Waals surface area (Å²) in [6.45, 7) is 20.5. The molecule has 1 unspecified atom stereocenters. The first kappa shape index (κ1) is 21.0. The third kappa shape index (κ3) is 3.44. The van der Waals surface area contributed by atoms with Gasteiger partial charge in [0.15, 0.2) is 8.24 Å². The number of hydrogen-bond acceptors (Lipinski definition) is 1. The summed E-state index contributed by atoms with van der Waals surface area (Å²) in [5, 5.41) is 11.1. The first-order chi connectivity index (χ1) is 12.0. The van der Waals surface area contributed by atoms with Gasteiger partial charge in [-0.1, -0.05) is 59.2 Å². The molecule has 1 N–H and O–H groups in total. The van der Waals surface area contributed by atoms with Crippen molar-refractivity contribution >= 4 is 8.24 Å². The molecular weight excluding hydrogens is 334 g/mol. The van der Waals surface area contributed by atoms with Crippen LogP contribution in [-0.2, 0) is 0 Å². The highest BCUT2D eigenvalue weighted by Gasteiger charge is 2.45. The molecule has 0 aliphatic carbocycles. The van der Waals surface area contributed by atoms with Crippen LogP contribution < -0.4 is 0 Å². The lowest BCUT2D eigenvalue weighted by atomic mass is 9.93. The number of rotatable bonds is 6. The van der Waals surface area contributed by atoms with Gasteiger partial charge < -0.3 is 9.34 Å². The SMILES string of the molecule is Cc1cc(C)c(C(O)c2ccn([Si](C(C)C)(C(C)C)C(C)C)c2)c(C)c1. The highest BCUT2D eigenvalue weighted by atomic mass is 28.3. The van der Waals surface area contributed by atoms with E-state index in [1.54, 1.807) is 0 Å². The number of hydrogen-bond donors (Lipinski definition) is 1. The summed E-state index contributed by atoms with van der Waals surface area (Å²) in [7, 11) is -1.76. The molecule has 0 fully saturated rings. The highest BCUT2D eigenvalue weighted by molar-refractivity contribution is 6.82. The van der Waals surface area contributed by atoms with E-state index in [-0.39, 0.29) is 0 Å². The van der Waals surface area contributed by atoms with Crippen LogP contribution in [0.3, 0.4) is 0 Å². The van der Waals surface area contributed by atoms with Crippen LogP contribution in [0.25, 0.3) is 0 Å². The first-order valence-corrected chi connectivity index (χ1v) is 12.2. The summed E-state index contributed by atoms with van der Waals surface area (Å²) < 4.78 is 2.50. The van der Waals surface area contributed by atoms with Crippen molar-refractivity contribution in [2.75, 3.05) is 0 Å². The molecule has 1 heterocycles. The second-order valence-electron chi connectivity index (χ2n) is 8.92. The van der Waals surface area contributed by atoms with E-state index >= 15 is 0 Å². The van der Waals surface area contributed by atoms with Gasteiger partial charge in [0.2, 0.25) is 0 Å². The quantitative estimate of drug-likeness (QED) is 0.575. The fourth-order valence-corrected chi connectivity index (χ4v) is 12.0. The normalized spacial score (nSPS) is 13.9. The zero-order valence-corrected chi connectivity index (χ0v) is 19.1. The molecule has 2 rings (SSSR count). The third-order valence-corrected chi connectivity index (χ3v) is 13.0. The van der Waals surface area contributed by atoms with Crippen molar-refractivity contribution in [1.82, 2.24) is 4.23 Å². The Morgan fingerprint density at radius 3 is 1.73 bits per heavy atom. The van der Waals surface area contributed by atoms with Gasteiger partial charge in [-0.15, -0.1) is 0 Å². The fraction of sp³-hybridized carbons (Fsp3) is 0.565. The van der Waals surface area contributed by atoms with Gasteiger partial charge in [0.05, 0.1) is 0 Å². The molecule has 2 aromatic rings. The zero-order valence-electron chi connectivity index (χ0n) is 18.1. The Hall–Kier alpha value is -1.32. The van der Waals surface area contributed by atoms with Crippen molar-refractivity contribution in [3.8, 4) is 0 Å². The minimum absolute atomic E-state index is 0.560. The van der Waals surface area contributed by atoms with Gasteiger partial charge in [-0.05, 0) is 66.3 Å². The third-order valence-electron chi connectivity index (χ3n) is 6.26. The number of aliphatic hydroxyl groups is 1. The molecule has 2 nitrogen and oxygen atoms in total. The Bertz CT molecular complexity index is 713. The molecule has 0 aliphatic heterocycles. The van der Waals surface area contributed by atoms with E-state index < -0.39 is 14.3 Å². The molecule has 1 aromatic heterocycles. The van der Waals surface area contributed by atoms with Gasteiger partial charge in [-0.3, -0.25) is 0 Å². The Balaban J connectivity index is 2.52. The minimum atomic E-state index is -1.76. The van der Waals surface area contributed by atoms with Crippen LogP contribution in [0.1, 0.15) is 75.5 Å².